The highest BCUT2D eigenvalue weighted by Crippen LogP contribution is 2.39. The van der Waals surface area contributed by atoms with Gasteiger partial charge in [-0.05, 0) is 47.7 Å². The number of rotatable bonds is 8. The second kappa shape index (κ2) is 9.79. The number of methoxy groups -OCH3 is 2. The Balaban J connectivity index is 1.80. The van der Waals surface area contributed by atoms with Gasteiger partial charge in [0.25, 0.3) is 11.1 Å². The lowest BCUT2D eigenvalue weighted by Gasteiger charge is -2.12. The number of halogens is 1. The number of amides is 2. The van der Waals surface area contributed by atoms with Crippen LogP contribution in [0.3, 0.4) is 0 Å². The number of carboxylic acid groups (broad SMARTS) is 1. The number of hydrogen-bond acceptors (Lipinski definition) is 9. The Hall–Kier alpha value is -3.44. The maximum Gasteiger partial charge on any atom is 0.373 e. The van der Waals surface area contributed by atoms with Crippen LogP contribution in [0.25, 0.3) is 6.08 Å². The van der Waals surface area contributed by atoms with Gasteiger partial charge in [0.15, 0.2) is 18.1 Å². The Morgan fingerprint density at radius 3 is 2.66 bits per heavy atom. The number of furan rings is 1. The van der Waals surface area contributed by atoms with E-state index in [0.717, 1.165) is 16.7 Å². The number of imide groups is 1. The van der Waals surface area contributed by atoms with Crippen molar-refractivity contribution in [2.24, 2.45) is 0 Å². The minimum absolute atomic E-state index is 0.0426. The van der Waals surface area contributed by atoms with E-state index in [9.17, 15) is 19.2 Å². The average molecular weight is 482 g/mol. The van der Waals surface area contributed by atoms with Gasteiger partial charge in [0.1, 0.15) is 5.76 Å². The van der Waals surface area contributed by atoms with Crippen molar-refractivity contribution >= 4 is 52.5 Å². The lowest BCUT2D eigenvalue weighted by molar-refractivity contribution is -0.139. The molecule has 0 radical (unpaired) electrons. The monoisotopic (exact) mass is 481 g/mol. The van der Waals surface area contributed by atoms with Gasteiger partial charge in [0, 0.05) is 0 Å². The van der Waals surface area contributed by atoms with E-state index in [4.69, 9.17) is 30.6 Å². The SMILES string of the molecule is COC(=O)c1ccc(CN2C(=O)S/C(=C/c3cc(Cl)c(OCC(=O)O)c(OC)c3)C2=O)o1. The number of thioether (sulfide) groups is 1. The zero-order chi connectivity index (χ0) is 23.4. The van der Waals surface area contributed by atoms with Gasteiger partial charge < -0.3 is 23.7 Å². The van der Waals surface area contributed by atoms with Crippen LogP contribution < -0.4 is 9.47 Å². The summed E-state index contributed by atoms with van der Waals surface area (Å²) < 4.78 is 20.2. The Morgan fingerprint density at radius 1 is 1.25 bits per heavy atom. The first-order valence-corrected chi connectivity index (χ1v) is 10.1. The first-order valence-electron chi connectivity index (χ1n) is 8.88. The van der Waals surface area contributed by atoms with Gasteiger partial charge in [-0.2, -0.15) is 0 Å². The topological polar surface area (TPSA) is 133 Å². The normalized spacial score (nSPS) is 14.7. The summed E-state index contributed by atoms with van der Waals surface area (Å²) in [5.41, 5.74) is 0.436. The van der Waals surface area contributed by atoms with Crippen LogP contribution in [-0.2, 0) is 20.9 Å². The van der Waals surface area contributed by atoms with Crippen molar-refractivity contribution in [3.63, 3.8) is 0 Å². The van der Waals surface area contributed by atoms with Crippen LogP contribution >= 0.6 is 23.4 Å². The van der Waals surface area contributed by atoms with Gasteiger partial charge >= 0.3 is 11.9 Å². The molecule has 1 aliphatic rings. The summed E-state index contributed by atoms with van der Waals surface area (Å²) in [6.07, 6.45) is 1.45. The molecular formula is C20H16ClNO9S. The van der Waals surface area contributed by atoms with Crippen molar-refractivity contribution in [2.75, 3.05) is 20.8 Å². The Kier molecular flexibility index (Phi) is 7.11. The molecule has 1 aromatic heterocycles. The second-order valence-corrected chi connectivity index (χ2v) is 7.64. The first-order chi connectivity index (χ1) is 15.2. The Labute approximate surface area is 190 Å². The molecule has 0 unspecified atom stereocenters. The van der Waals surface area contributed by atoms with Crippen LogP contribution in [0.15, 0.2) is 33.6 Å². The quantitative estimate of drug-likeness (QED) is 0.441. The third kappa shape index (κ3) is 5.06. The molecule has 1 N–H and O–H groups in total. The fourth-order valence-electron chi connectivity index (χ4n) is 2.71. The van der Waals surface area contributed by atoms with Crippen molar-refractivity contribution in [3.8, 4) is 11.5 Å². The van der Waals surface area contributed by atoms with E-state index in [0.29, 0.717) is 5.56 Å². The molecule has 168 valence electrons. The van der Waals surface area contributed by atoms with Crippen LogP contribution in [0.4, 0.5) is 4.79 Å². The predicted molar refractivity (Wildman–Crippen MR) is 113 cm³/mol. The second-order valence-electron chi connectivity index (χ2n) is 6.24. The molecule has 2 aromatic rings. The number of carboxylic acids is 1. The molecule has 3 rings (SSSR count). The third-order valence-electron chi connectivity index (χ3n) is 4.13. The number of esters is 1. The fraction of sp³-hybridized carbons (Fsp3) is 0.200. The van der Waals surface area contributed by atoms with Crippen LogP contribution in [0.1, 0.15) is 21.9 Å². The van der Waals surface area contributed by atoms with Gasteiger partial charge in [-0.3, -0.25) is 14.5 Å². The van der Waals surface area contributed by atoms with Crippen molar-refractivity contribution in [3.05, 3.63) is 51.3 Å². The molecule has 2 amide bonds. The molecule has 1 aliphatic heterocycles. The van der Waals surface area contributed by atoms with E-state index in [1.54, 1.807) is 0 Å². The van der Waals surface area contributed by atoms with Gasteiger partial charge in [0.05, 0.1) is 30.7 Å². The largest absolute Gasteiger partial charge is 0.493 e. The van der Waals surface area contributed by atoms with Crippen LogP contribution in [-0.4, -0.2) is 53.9 Å². The summed E-state index contributed by atoms with van der Waals surface area (Å²) in [6.45, 7) is -0.774. The highest BCUT2D eigenvalue weighted by molar-refractivity contribution is 8.18. The molecule has 1 aromatic carbocycles. The van der Waals surface area contributed by atoms with Crippen LogP contribution in [0, 0.1) is 0 Å². The van der Waals surface area contributed by atoms with Crippen LogP contribution in [0.5, 0.6) is 11.5 Å². The molecule has 1 saturated heterocycles. The van der Waals surface area contributed by atoms with E-state index in [1.165, 1.54) is 44.6 Å². The van der Waals surface area contributed by atoms with Crippen molar-refractivity contribution < 1.29 is 42.9 Å². The molecule has 0 spiro atoms. The van der Waals surface area contributed by atoms with E-state index in [-0.39, 0.29) is 39.5 Å². The number of carbonyl (C=O) groups excluding carboxylic acids is 3. The van der Waals surface area contributed by atoms with Crippen LogP contribution in [0.2, 0.25) is 5.02 Å². The number of nitrogens with zero attached hydrogens (tertiary/aromatic N) is 1. The zero-order valence-electron chi connectivity index (χ0n) is 16.7. The summed E-state index contributed by atoms with van der Waals surface area (Å²) in [7, 11) is 2.56. The molecule has 1 fully saturated rings. The van der Waals surface area contributed by atoms with E-state index >= 15 is 0 Å². The first kappa shape index (κ1) is 23.2. The molecular weight excluding hydrogens is 466 g/mol. The Bertz CT molecular complexity index is 1120. The molecule has 0 aliphatic carbocycles. The van der Waals surface area contributed by atoms with Crippen molar-refractivity contribution in [2.45, 2.75) is 6.54 Å². The summed E-state index contributed by atoms with van der Waals surface area (Å²) in [4.78, 5) is 48.4. The minimum atomic E-state index is -1.18. The van der Waals surface area contributed by atoms with Gasteiger partial charge in [-0.15, -0.1) is 0 Å². The maximum atomic E-state index is 12.7. The van der Waals surface area contributed by atoms with E-state index in [1.807, 2.05) is 0 Å². The highest BCUT2D eigenvalue weighted by atomic mass is 35.5. The number of hydrogen-bond donors (Lipinski definition) is 1. The minimum Gasteiger partial charge on any atom is -0.493 e. The zero-order valence-corrected chi connectivity index (χ0v) is 18.3. The smallest absolute Gasteiger partial charge is 0.373 e. The van der Waals surface area contributed by atoms with Gasteiger partial charge in [-0.25, -0.2) is 9.59 Å². The molecule has 12 heteroatoms. The third-order valence-corrected chi connectivity index (χ3v) is 5.31. The Morgan fingerprint density at radius 2 is 2.00 bits per heavy atom. The fourth-order valence-corrected chi connectivity index (χ4v) is 3.83. The number of aliphatic carboxylic acids is 1. The van der Waals surface area contributed by atoms with E-state index in [2.05, 4.69) is 4.74 Å². The lowest BCUT2D eigenvalue weighted by Crippen LogP contribution is -2.27. The lowest BCUT2D eigenvalue weighted by atomic mass is 10.1. The standard InChI is InChI=1S/C20H16ClNO9S/c1-28-14-6-10(5-12(21)17(14)30-9-16(23)24)7-15-18(25)22(20(27)32-15)8-11-3-4-13(31-11)19(26)29-2/h3-7H,8-9H2,1-2H3,(H,23,24)/b15-7+. The molecule has 10 nitrogen and oxygen atoms in total. The molecule has 0 bridgehead atoms. The predicted octanol–water partition coefficient (Wildman–Crippen LogP) is 3.43. The summed E-state index contributed by atoms with van der Waals surface area (Å²) >= 11 is 6.90. The summed E-state index contributed by atoms with van der Waals surface area (Å²) in [5.74, 6) is -2.02. The van der Waals surface area contributed by atoms with Gasteiger partial charge in [-0.1, -0.05) is 11.6 Å². The van der Waals surface area contributed by atoms with E-state index < -0.39 is 29.7 Å². The number of benzene rings is 1. The maximum absolute atomic E-state index is 12.7. The molecule has 2 heterocycles. The number of ether oxygens (including phenoxy) is 3. The molecule has 0 saturated carbocycles. The summed E-state index contributed by atoms with van der Waals surface area (Å²) in [6, 6.07) is 5.80. The number of carbonyl (C=O) groups is 4. The average Bonchev–Trinajstić information content (AvgIpc) is 3.32. The molecule has 0 atom stereocenters. The summed E-state index contributed by atoms with van der Waals surface area (Å²) in [5, 5.41) is 8.33. The van der Waals surface area contributed by atoms with Crippen molar-refractivity contribution in [1.29, 1.82) is 0 Å². The molecule has 32 heavy (non-hydrogen) atoms. The highest BCUT2D eigenvalue weighted by Gasteiger charge is 2.36. The van der Waals surface area contributed by atoms with Gasteiger partial charge in [0.2, 0.25) is 5.76 Å². The van der Waals surface area contributed by atoms with Crippen molar-refractivity contribution in [1.82, 2.24) is 4.90 Å².